The molecular weight excluding hydrogens is 283 g/mol. The number of hydrogen-bond acceptors (Lipinski definition) is 3. The highest BCUT2D eigenvalue weighted by Crippen LogP contribution is 2.41. The van der Waals surface area contributed by atoms with Gasteiger partial charge in [0.25, 0.3) is 0 Å². The summed E-state index contributed by atoms with van der Waals surface area (Å²) in [6.45, 7) is 2.27. The van der Waals surface area contributed by atoms with Gasteiger partial charge in [0, 0.05) is 32.4 Å². The van der Waals surface area contributed by atoms with Crippen molar-refractivity contribution in [3.05, 3.63) is 0 Å². The molecule has 3 saturated heterocycles. The summed E-state index contributed by atoms with van der Waals surface area (Å²) in [5.74, 6) is -0.739. The second-order valence-electron chi connectivity index (χ2n) is 6.73. The molecule has 3 atom stereocenters. The van der Waals surface area contributed by atoms with Crippen LogP contribution in [0.2, 0.25) is 0 Å². The molecule has 3 aliphatic heterocycles. The molecule has 3 nitrogen and oxygen atoms in total. The zero-order chi connectivity index (χ0) is 14.9. The van der Waals surface area contributed by atoms with E-state index < -0.39 is 12.1 Å². The Bertz CT molecular complexity index is 342. The third-order valence-corrected chi connectivity index (χ3v) is 5.42. The van der Waals surface area contributed by atoms with Crippen molar-refractivity contribution in [1.29, 1.82) is 0 Å². The Balaban J connectivity index is 1.55. The van der Waals surface area contributed by atoms with Gasteiger partial charge >= 0.3 is 6.18 Å². The van der Waals surface area contributed by atoms with Gasteiger partial charge in [-0.2, -0.15) is 13.2 Å². The first kappa shape index (κ1) is 15.6. The lowest BCUT2D eigenvalue weighted by Gasteiger charge is -2.46. The Morgan fingerprint density at radius 3 is 2.38 bits per heavy atom. The fourth-order valence-corrected chi connectivity index (χ4v) is 4.06. The molecule has 0 radical (unpaired) electrons. The minimum absolute atomic E-state index is 0.0711. The Morgan fingerprint density at radius 2 is 1.76 bits per heavy atom. The molecule has 3 rings (SSSR count). The summed E-state index contributed by atoms with van der Waals surface area (Å²) >= 11 is 0. The van der Waals surface area contributed by atoms with Gasteiger partial charge in [-0.25, -0.2) is 0 Å². The van der Waals surface area contributed by atoms with Gasteiger partial charge in [0.1, 0.15) is 0 Å². The van der Waals surface area contributed by atoms with Crippen LogP contribution in [0.3, 0.4) is 0 Å². The van der Waals surface area contributed by atoms with Gasteiger partial charge in [-0.3, -0.25) is 0 Å². The predicted molar refractivity (Wildman–Crippen MR) is 72.0 cm³/mol. The first-order valence-corrected chi connectivity index (χ1v) is 8.00. The summed E-state index contributed by atoms with van der Waals surface area (Å²) in [4.78, 5) is 0. The van der Waals surface area contributed by atoms with Crippen LogP contribution in [0.5, 0.6) is 0 Å². The first-order chi connectivity index (χ1) is 9.99. The van der Waals surface area contributed by atoms with Gasteiger partial charge in [0.2, 0.25) is 0 Å². The highest BCUT2D eigenvalue weighted by molar-refractivity contribution is 4.94. The molecule has 3 unspecified atom stereocenters. The van der Waals surface area contributed by atoms with E-state index >= 15 is 0 Å². The molecule has 6 heteroatoms. The van der Waals surface area contributed by atoms with Gasteiger partial charge < -0.3 is 14.8 Å². The van der Waals surface area contributed by atoms with Gasteiger partial charge in [-0.1, -0.05) is 0 Å². The smallest absolute Gasteiger partial charge is 0.381 e. The summed E-state index contributed by atoms with van der Waals surface area (Å²) in [5, 5.41) is 3.16. The summed E-state index contributed by atoms with van der Waals surface area (Å²) in [5.41, 5.74) is -0.0796. The summed E-state index contributed by atoms with van der Waals surface area (Å²) in [7, 11) is 0. The van der Waals surface area contributed by atoms with Crippen LogP contribution in [-0.2, 0) is 9.47 Å². The van der Waals surface area contributed by atoms with Gasteiger partial charge in [-0.15, -0.1) is 0 Å². The van der Waals surface area contributed by atoms with Crippen LogP contribution in [0.4, 0.5) is 13.2 Å². The molecule has 21 heavy (non-hydrogen) atoms. The molecule has 0 amide bonds. The SMILES string of the molecule is FC(F)(F)C1CCC(C2CCOC3(CCOCC3)C2)NC1. The molecular formula is C15H24F3NO2. The molecule has 1 spiro atoms. The average Bonchev–Trinajstić information content (AvgIpc) is 2.47. The monoisotopic (exact) mass is 307 g/mol. The van der Waals surface area contributed by atoms with Crippen LogP contribution >= 0.6 is 0 Å². The fourth-order valence-electron chi connectivity index (χ4n) is 4.06. The van der Waals surface area contributed by atoms with E-state index in [2.05, 4.69) is 5.32 Å². The Labute approximate surface area is 123 Å². The second kappa shape index (κ2) is 6.05. The zero-order valence-corrected chi connectivity index (χ0v) is 12.3. The highest BCUT2D eigenvalue weighted by Gasteiger charge is 2.45. The minimum Gasteiger partial charge on any atom is -0.381 e. The van der Waals surface area contributed by atoms with E-state index in [1.165, 1.54) is 0 Å². The lowest BCUT2D eigenvalue weighted by molar-refractivity contribution is -0.183. The van der Waals surface area contributed by atoms with Crippen molar-refractivity contribution in [2.45, 2.75) is 56.3 Å². The largest absolute Gasteiger partial charge is 0.393 e. The molecule has 0 aliphatic carbocycles. The molecule has 1 N–H and O–H groups in total. The van der Waals surface area contributed by atoms with Crippen molar-refractivity contribution < 1.29 is 22.6 Å². The van der Waals surface area contributed by atoms with Crippen molar-refractivity contribution in [2.24, 2.45) is 11.8 Å². The van der Waals surface area contributed by atoms with Crippen molar-refractivity contribution in [3.8, 4) is 0 Å². The third kappa shape index (κ3) is 3.54. The van der Waals surface area contributed by atoms with Crippen molar-refractivity contribution >= 4 is 0 Å². The van der Waals surface area contributed by atoms with Gasteiger partial charge in [0.05, 0.1) is 11.5 Å². The predicted octanol–water partition coefficient (Wildman–Crippen LogP) is 2.89. The van der Waals surface area contributed by atoms with Crippen LogP contribution in [0, 0.1) is 11.8 Å². The van der Waals surface area contributed by atoms with Crippen molar-refractivity contribution in [1.82, 2.24) is 5.32 Å². The number of ether oxygens (including phenoxy) is 2. The van der Waals surface area contributed by atoms with Crippen molar-refractivity contribution in [2.75, 3.05) is 26.4 Å². The number of hydrogen-bond donors (Lipinski definition) is 1. The standard InChI is InChI=1S/C15H24F3NO2/c16-15(17,18)12-1-2-13(19-10-12)11-3-6-21-14(9-11)4-7-20-8-5-14/h11-13,19H,1-10H2. The summed E-state index contributed by atoms with van der Waals surface area (Å²) in [6.07, 6.45) is 0.579. The Hall–Kier alpha value is -0.330. The van der Waals surface area contributed by atoms with Gasteiger partial charge in [-0.05, 0) is 44.4 Å². The molecule has 0 saturated carbocycles. The van der Waals surface area contributed by atoms with Gasteiger partial charge in [0.15, 0.2) is 0 Å². The number of nitrogens with one attached hydrogen (secondary N) is 1. The van der Waals surface area contributed by atoms with E-state index in [4.69, 9.17) is 9.47 Å². The topological polar surface area (TPSA) is 30.5 Å². The maximum Gasteiger partial charge on any atom is 0.393 e. The number of piperidine rings is 1. The van der Waals surface area contributed by atoms with E-state index in [-0.39, 0.29) is 24.6 Å². The number of halogens is 3. The molecule has 0 aromatic heterocycles. The van der Waals surface area contributed by atoms with E-state index in [1.54, 1.807) is 0 Å². The molecule has 3 aliphatic rings. The maximum absolute atomic E-state index is 12.7. The minimum atomic E-state index is -4.06. The normalized spacial score (nSPS) is 37.6. The van der Waals surface area contributed by atoms with E-state index in [1.807, 2.05) is 0 Å². The molecule has 3 fully saturated rings. The molecule has 0 bridgehead atoms. The molecule has 0 aromatic carbocycles. The quantitative estimate of drug-likeness (QED) is 0.808. The molecule has 0 aromatic rings. The van der Waals surface area contributed by atoms with Crippen molar-refractivity contribution in [3.63, 3.8) is 0 Å². The highest BCUT2D eigenvalue weighted by atomic mass is 19.4. The van der Waals surface area contributed by atoms with Crippen LogP contribution in [0.25, 0.3) is 0 Å². The summed E-state index contributed by atoms with van der Waals surface area (Å²) < 4.78 is 49.6. The van der Waals surface area contributed by atoms with E-state index in [0.29, 0.717) is 12.3 Å². The lowest BCUT2D eigenvalue weighted by Crippen LogP contribution is -2.52. The first-order valence-electron chi connectivity index (χ1n) is 8.00. The third-order valence-electron chi connectivity index (χ3n) is 5.42. The average molecular weight is 307 g/mol. The molecule has 122 valence electrons. The fraction of sp³-hybridized carbons (Fsp3) is 1.00. The van der Waals surface area contributed by atoms with E-state index in [9.17, 15) is 13.2 Å². The Kier molecular flexibility index (Phi) is 4.48. The number of alkyl halides is 3. The maximum atomic E-state index is 12.7. The van der Waals surface area contributed by atoms with Crippen LogP contribution in [0.1, 0.15) is 38.5 Å². The lowest BCUT2D eigenvalue weighted by atomic mass is 9.75. The Morgan fingerprint density at radius 1 is 1.00 bits per heavy atom. The van der Waals surface area contributed by atoms with E-state index in [0.717, 1.165) is 45.5 Å². The summed E-state index contributed by atoms with van der Waals surface area (Å²) in [6, 6.07) is 0.215. The van der Waals surface area contributed by atoms with Crippen LogP contribution in [-0.4, -0.2) is 44.2 Å². The second-order valence-corrected chi connectivity index (χ2v) is 6.73. The molecule has 3 heterocycles. The zero-order valence-electron chi connectivity index (χ0n) is 12.3. The van der Waals surface area contributed by atoms with Crippen LogP contribution < -0.4 is 5.32 Å². The van der Waals surface area contributed by atoms with Crippen LogP contribution in [0.15, 0.2) is 0 Å². The number of rotatable bonds is 1.